The molecule has 2 aromatic rings. The highest BCUT2D eigenvalue weighted by atomic mass is 32.1. The van der Waals surface area contributed by atoms with E-state index in [0.29, 0.717) is 11.6 Å². The van der Waals surface area contributed by atoms with Crippen molar-refractivity contribution in [1.82, 2.24) is 10.3 Å². The molecule has 102 valence electrons. The molecule has 3 N–H and O–H groups in total. The van der Waals surface area contributed by atoms with E-state index >= 15 is 0 Å². The van der Waals surface area contributed by atoms with Gasteiger partial charge < -0.3 is 10.4 Å². The number of thiazole rings is 1. The number of amides is 2. The van der Waals surface area contributed by atoms with Gasteiger partial charge in [0.25, 0.3) is 0 Å². The second-order valence-corrected chi connectivity index (χ2v) is 5.68. The van der Waals surface area contributed by atoms with Gasteiger partial charge in [0.1, 0.15) is 0 Å². The number of carbonyl (C=O) groups is 1. The van der Waals surface area contributed by atoms with Gasteiger partial charge in [-0.15, -0.1) is 0 Å². The van der Waals surface area contributed by atoms with Gasteiger partial charge in [-0.1, -0.05) is 30.4 Å². The molecular formula is C13H17N3O2S. The van der Waals surface area contributed by atoms with Crippen LogP contribution in [0.2, 0.25) is 0 Å². The normalized spacial score (nSPS) is 14.1. The highest BCUT2D eigenvalue weighted by Crippen LogP contribution is 2.25. The van der Waals surface area contributed by atoms with Crippen LogP contribution < -0.4 is 10.6 Å². The molecule has 0 bridgehead atoms. The Hall–Kier alpha value is -1.66. The second kappa shape index (κ2) is 5.54. The minimum Gasteiger partial charge on any atom is -0.388 e. The summed E-state index contributed by atoms with van der Waals surface area (Å²) < 4.78 is 1.03. The predicted octanol–water partition coefficient (Wildman–Crippen LogP) is 2.58. The molecule has 1 atom stereocenters. The fraction of sp³-hybridized carbons (Fsp3) is 0.385. The maximum Gasteiger partial charge on any atom is 0.321 e. The Morgan fingerprint density at radius 3 is 2.89 bits per heavy atom. The molecule has 1 aromatic heterocycles. The predicted molar refractivity (Wildman–Crippen MR) is 77.6 cm³/mol. The van der Waals surface area contributed by atoms with E-state index in [1.165, 1.54) is 11.3 Å². The maximum atomic E-state index is 11.7. The van der Waals surface area contributed by atoms with E-state index in [0.717, 1.165) is 10.2 Å². The number of rotatable bonds is 4. The minimum atomic E-state index is -0.884. The Labute approximate surface area is 115 Å². The van der Waals surface area contributed by atoms with Crippen LogP contribution in [0.5, 0.6) is 0 Å². The Bertz CT molecular complexity index is 547. The molecule has 5 nitrogen and oxygen atoms in total. The van der Waals surface area contributed by atoms with Gasteiger partial charge in [0.05, 0.1) is 15.8 Å². The van der Waals surface area contributed by atoms with Gasteiger partial charge in [-0.2, -0.15) is 0 Å². The first-order chi connectivity index (χ1) is 9.00. The van der Waals surface area contributed by atoms with Crippen LogP contribution >= 0.6 is 11.3 Å². The molecule has 0 aliphatic carbocycles. The van der Waals surface area contributed by atoms with Crippen molar-refractivity contribution < 1.29 is 9.90 Å². The van der Waals surface area contributed by atoms with Crippen LogP contribution in [0.15, 0.2) is 24.3 Å². The van der Waals surface area contributed by atoms with Crippen molar-refractivity contribution in [3.63, 3.8) is 0 Å². The van der Waals surface area contributed by atoms with Gasteiger partial charge in [-0.05, 0) is 25.5 Å². The van der Waals surface area contributed by atoms with Crippen molar-refractivity contribution in [2.75, 3.05) is 11.9 Å². The Balaban J connectivity index is 1.95. The molecule has 0 aliphatic rings. The summed E-state index contributed by atoms with van der Waals surface area (Å²) in [4.78, 5) is 16.0. The van der Waals surface area contributed by atoms with Crippen LogP contribution in [0.1, 0.15) is 20.3 Å². The number of hydrogen-bond acceptors (Lipinski definition) is 4. The number of aliphatic hydroxyl groups is 1. The Morgan fingerprint density at radius 1 is 1.47 bits per heavy atom. The largest absolute Gasteiger partial charge is 0.388 e. The SMILES string of the molecule is CCC(C)(O)CNC(=O)Nc1nc2ccccc2s1. The van der Waals surface area contributed by atoms with E-state index < -0.39 is 5.60 Å². The Morgan fingerprint density at radius 2 is 2.21 bits per heavy atom. The number of fused-ring (bicyclic) bond motifs is 1. The number of aromatic nitrogens is 1. The molecular weight excluding hydrogens is 262 g/mol. The second-order valence-electron chi connectivity index (χ2n) is 4.64. The molecule has 0 saturated heterocycles. The Kier molecular flexibility index (Phi) is 4.01. The molecule has 1 heterocycles. The number of para-hydroxylation sites is 1. The van der Waals surface area contributed by atoms with E-state index in [1.807, 2.05) is 31.2 Å². The zero-order chi connectivity index (χ0) is 13.9. The zero-order valence-corrected chi connectivity index (χ0v) is 11.8. The first-order valence-corrected chi connectivity index (χ1v) is 6.94. The average molecular weight is 279 g/mol. The van der Waals surface area contributed by atoms with E-state index in [9.17, 15) is 9.90 Å². The molecule has 0 radical (unpaired) electrons. The number of nitrogens with one attached hydrogen (secondary N) is 2. The first kappa shape index (κ1) is 13.8. The smallest absolute Gasteiger partial charge is 0.321 e. The number of benzene rings is 1. The molecule has 1 aromatic carbocycles. The van der Waals surface area contributed by atoms with Crippen molar-refractivity contribution in [2.45, 2.75) is 25.9 Å². The molecule has 2 rings (SSSR count). The van der Waals surface area contributed by atoms with Crippen molar-refractivity contribution in [3.05, 3.63) is 24.3 Å². The fourth-order valence-electron chi connectivity index (χ4n) is 1.46. The van der Waals surface area contributed by atoms with E-state index in [2.05, 4.69) is 15.6 Å². The van der Waals surface area contributed by atoms with Crippen LogP contribution in [0.4, 0.5) is 9.93 Å². The molecule has 2 amide bonds. The van der Waals surface area contributed by atoms with Crippen LogP contribution in [-0.2, 0) is 0 Å². The summed E-state index contributed by atoms with van der Waals surface area (Å²) in [7, 11) is 0. The zero-order valence-electron chi connectivity index (χ0n) is 10.9. The van der Waals surface area contributed by atoms with Gasteiger partial charge >= 0.3 is 6.03 Å². The summed E-state index contributed by atoms with van der Waals surface area (Å²) in [6, 6.07) is 7.34. The summed E-state index contributed by atoms with van der Waals surface area (Å²) in [5, 5.41) is 15.7. The van der Waals surface area contributed by atoms with Gasteiger partial charge in [0.15, 0.2) is 5.13 Å². The number of carbonyl (C=O) groups excluding carboxylic acids is 1. The lowest BCUT2D eigenvalue weighted by Crippen LogP contribution is -2.41. The third kappa shape index (κ3) is 3.65. The fourth-order valence-corrected chi connectivity index (χ4v) is 2.32. The van der Waals surface area contributed by atoms with E-state index in [-0.39, 0.29) is 12.6 Å². The molecule has 0 fully saturated rings. The van der Waals surface area contributed by atoms with Crippen LogP contribution in [-0.4, -0.2) is 28.3 Å². The van der Waals surface area contributed by atoms with Gasteiger partial charge in [-0.25, -0.2) is 9.78 Å². The van der Waals surface area contributed by atoms with Crippen molar-refractivity contribution in [1.29, 1.82) is 0 Å². The lowest BCUT2D eigenvalue weighted by atomic mass is 10.0. The van der Waals surface area contributed by atoms with Gasteiger partial charge in [0.2, 0.25) is 0 Å². The molecule has 0 aliphatic heterocycles. The minimum absolute atomic E-state index is 0.209. The third-order valence-corrected chi connectivity index (χ3v) is 3.86. The lowest BCUT2D eigenvalue weighted by molar-refractivity contribution is 0.0587. The van der Waals surface area contributed by atoms with Crippen molar-refractivity contribution in [3.8, 4) is 0 Å². The topological polar surface area (TPSA) is 74.2 Å². The number of anilines is 1. The summed E-state index contributed by atoms with van der Waals surface area (Å²) in [6.07, 6.45) is 0.578. The van der Waals surface area contributed by atoms with E-state index in [4.69, 9.17) is 0 Å². The van der Waals surface area contributed by atoms with Crippen LogP contribution in [0, 0.1) is 0 Å². The lowest BCUT2D eigenvalue weighted by Gasteiger charge is -2.21. The van der Waals surface area contributed by atoms with Gasteiger partial charge in [0, 0.05) is 6.54 Å². The standard InChI is InChI=1S/C13H17N3O2S/c1-3-13(2,18)8-14-11(17)16-12-15-9-6-4-5-7-10(9)19-12/h4-7,18H,3,8H2,1-2H3,(H2,14,15,16,17). The molecule has 0 spiro atoms. The summed E-state index contributed by atoms with van der Waals surface area (Å²) in [5.41, 5.74) is -0.0198. The number of urea groups is 1. The first-order valence-electron chi connectivity index (χ1n) is 6.13. The third-order valence-electron chi connectivity index (χ3n) is 2.91. The average Bonchev–Trinajstić information content (AvgIpc) is 2.78. The van der Waals surface area contributed by atoms with E-state index in [1.54, 1.807) is 6.92 Å². The van der Waals surface area contributed by atoms with Crippen LogP contribution in [0.3, 0.4) is 0 Å². The number of nitrogens with zero attached hydrogens (tertiary/aromatic N) is 1. The highest BCUT2D eigenvalue weighted by molar-refractivity contribution is 7.22. The van der Waals surface area contributed by atoms with Gasteiger partial charge in [-0.3, -0.25) is 5.32 Å². The van der Waals surface area contributed by atoms with Crippen molar-refractivity contribution in [2.24, 2.45) is 0 Å². The molecule has 6 heteroatoms. The quantitative estimate of drug-likeness (QED) is 0.805. The molecule has 1 unspecified atom stereocenters. The summed E-state index contributed by atoms with van der Waals surface area (Å²) in [5.74, 6) is 0. The molecule has 19 heavy (non-hydrogen) atoms. The van der Waals surface area contributed by atoms with Crippen molar-refractivity contribution >= 4 is 32.7 Å². The monoisotopic (exact) mass is 279 g/mol. The number of hydrogen-bond donors (Lipinski definition) is 3. The maximum absolute atomic E-state index is 11.7. The van der Waals surface area contributed by atoms with Crippen LogP contribution in [0.25, 0.3) is 10.2 Å². The molecule has 0 saturated carbocycles. The summed E-state index contributed by atoms with van der Waals surface area (Å²) >= 11 is 1.42. The highest BCUT2D eigenvalue weighted by Gasteiger charge is 2.18. The summed E-state index contributed by atoms with van der Waals surface area (Å²) in [6.45, 7) is 3.76.